The lowest BCUT2D eigenvalue weighted by Gasteiger charge is -2.36. The van der Waals surface area contributed by atoms with E-state index in [-0.39, 0.29) is 12.2 Å². The molecule has 2 unspecified atom stereocenters. The minimum absolute atomic E-state index is 0.182. The summed E-state index contributed by atoms with van der Waals surface area (Å²) >= 11 is 0. The molecule has 5 N–H and O–H groups in total. The van der Waals surface area contributed by atoms with Gasteiger partial charge in [0.05, 0.1) is 23.2 Å². The Bertz CT molecular complexity index is 938. The van der Waals surface area contributed by atoms with Gasteiger partial charge in [-0.2, -0.15) is 0 Å². The Morgan fingerprint density at radius 1 is 1.12 bits per heavy atom. The van der Waals surface area contributed by atoms with E-state index in [2.05, 4.69) is 51.9 Å². The molecule has 0 bridgehead atoms. The first-order chi connectivity index (χ1) is 15.6. The Balaban J connectivity index is 1.58. The summed E-state index contributed by atoms with van der Waals surface area (Å²) in [7, 11) is 0. The van der Waals surface area contributed by atoms with Crippen LogP contribution in [-0.4, -0.2) is 60.0 Å². The number of fused-ring (bicyclic) bond motifs is 1. The van der Waals surface area contributed by atoms with Gasteiger partial charge in [-0.15, -0.1) is 0 Å². The van der Waals surface area contributed by atoms with Gasteiger partial charge in [0.15, 0.2) is 11.6 Å². The number of amides is 1. The van der Waals surface area contributed by atoms with E-state index in [0.717, 1.165) is 42.7 Å². The van der Waals surface area contributed by atoms with Crippen molar-refractivity contribution in [2.75, 3.05) is 41.8 Å². The van der Waals surface area contributed by atoms with E-state index in [1.165, 1.54) is 0 Å². The third kappa shape index (κ3) is 7.33. The molecular weight excluding hydrogens is 422 g/mol. The number of unbranched alkanes of at least 4 members (excludes halogenated alkanes) is 1. The highest BCUT2D eigenvalue weighted by Crippen LogP contribution is 2.26. The number of aromatic nitrogens is 2. The van der Waals surface area contributed by atoms with Crippen molar-refractivity contribution in [2.24, 2.45) is 5.84 Å². The molecule has 1 aromatic heterocycles. The van der Waals surface area contributed by atoms with Crippen LogP contribution in [0.4, 0.5) is 22.1 Å². The predicted molar refractivity (Wildman–Crippen MR) is 132 cm³/mol. The summed E-state index contributed by atoms with van der Waals surface area (Å²) in [5.41, 5.74) is 4.81. The van der Waals surface area contributed by atoms with Crippen LogP contribution in [0.1, 0.15) is 47.5 Å². The van der Waals surface area contributed by atoms with Crippen molar-refractivity contribution in [1.82, 2.24) is 15.3 Å². The van der Waals surface area contributed by atoms with Crippen LogP contribution in [0.3, 0.4) is 0 Å². The number of benzene rings is 1. The number of morpholine rings is 1. The molecule has 0 spiro atoms. The van der Waals surface area contributed by atoms with Crippen LogP contribution in [0, 0.1) is 0 Å². The highest BCUT2D eigenvalue weighted by molar-refractivity contribution is 5.83. The summed E-state index contributed by atoms with van der Waals surface area (Å²) in [5, 5.41) is 6.07. The molecule has 1 saturated heterocycles. The van der Waals surface area contributed by atoms with Crippen molar-refractivity contribution in [3.8, 4) is 0 Å². The van der Waals surface area contributed by atoms with Gasteiger partial charge >= 0.3 is 6.09 Å². The number of carbonyl (C=O) groups excluding carboxylic acids is 1. The molecule has 1 aliphatic rings. The third-order valence-corrected chi connectivity index (χ3v) is 5.13. The number of alkyl carbamates (subject to hydrolysis) is 1. The maximum Gasteiger partial charge on any atom is 0.407 e. The molecule has 1 aliphatic heterocycles. The lowest BCUT2D eigenvalue weighted by atomic mass is 10.2. The Hall–Kier alpha value is -2.85. The molecule has 0 aliphatic carbocycles. The van der Waals surface area contributed by atoms with Crippen molar-refractivity contribution in [3.63, 3.8) is 0 Å². The Morgan fingerprint density at radius 3 is 2.45 bits per heavy atom. The summed E-state index contributed by atoms with van der Waals surface area (Å²) < 4.78 is 11.1. The van der Waals surface area contributed by atoms with Gasteiger partial charge < -0.3 is 30.4 Å². The summed E-state index contributed by atoms with van der Waals surface area (Å²) in [4.78, 5) is 23.4. The number of nitrogens with two attached hydrogens (primary N) is 1. The molecule has 182 valence electrons. The SMILES string of the molecule is CC1CN(c2ccc3nc(NN)c(NCCCCNC(=O)OC(C)(C)C)nc3c2)CC(C)O1. The zero-order valence-electron chi connectivity index (χ0n) is 20.3. The molecule has 1 aromatic carbocycles. The van der Waals surface area contributed by atoms with E-state index in [0.29, 0.717) is 24.7 Å². The number of hydrazine groups is 1. The number of nitrogens with zero attached hydrogens (tertiary/aromatic N) is 3. The molecule has 10 heteroatoms. The molecule has 3 rings (SSSR count). The van der Waals surface area contributed by atoms with E-state index in [4.69, 9.17) is 20.3 Å². The van der Waals surface area contributed by atoms with Crippen LogP contribution < -0.4 is 26.8 Å². The van der Waals surface area contributed by atoms with Crippen LogP contribution in [-0.2, 0) is 9.47 Å². The fourth-order valence-electron chi connectivity index (χ4n) is 3.81. The van der Waals surface area contributed by atoms with E-state index in [1.54, 1.807) is 0 Å². The first-order valence-corrected chi connectivity index (χ1v) is 11.5. The molecule has 10 nitrogen and oxygen atoms in total. The normalized spacial score (nSPS) is 18.8. The zero-order chi connectivity index (χ0) is 24.0. The van der Waals surface area contributed by atoms with Gasteiger partial charge in [-0.1, -0.05) is 0 Å². The highest BCUT2D eigenvalue weighted by Gasteiger charge is 2.23. The molecule has 1 fully saturated rings. The van der Waals surface area contributed by atoms with Gasteiger partial charge in [0.1, 0.15) is 5.60 Å². The van der Waals surface area contributed by atoms with E-state index in [9.17, 15) is 4.79 Å². The quantitative estimate of drug-likeness (QED) is 0.267. The van der Waals surface area contributed by atoms with Crippen molar-refractivity contribution in [1.29, 1.82) is 0 Å². The number of nitrogen functional groups attached to an aromatic ring is 1. The summed E-state index contributed by atoms with van der Waals surface area (Å²) in [6.07, 6.45) is 1.60. The van der Waals surface area contributed by atoms with E-state index in [1.807, 2.05) is 26.8 Å². The smallest absolute Gasteiger partial charge is 0.407 e. The van der Waals surface area contributed by atoms with Crippen molar-refractivity contribution in [2.45, 2.75) is 65.3 Å². The molecule has 1 amide bonds. The summed E-state index contributed by atoms with van der Waals surface area (Å²) in [5.74, 6) is 6.78. The number of hydrogen-bond donors (Lipinski definition) is 4. The number of carbonyl (C=O) groups is 1. The predicted octanol–water partition coefficient (Wildman–Crippen LogP) is 3.25. The lowest BCUT2D eigenvalue weighted by molar-refractivity contribution is -0.00521. The van der Waals surface area contributed by atoms with Crippen molar-refractivity contribution in [3.05, 3.63) is 18.2 Å². The van der Waals surface area contributed by atoms with Gasteiger partial charge in [0.2, 0.25) is 0 Å². The first kappa shape index (κ1) is 24.8. The lowest BCUT2D eigenvalue weighted by Crippen LogP contribution is -2.45. The van der Waals surface area contributed by atoms with Gasteiger partial charge in [-0.25, -0.2) is 20.6 Å². The molecule has 2 atom stereocenters. The second-order valence-electron chi connectivity index (χ2n) is 9.46. The zero-order valence-corrected chi connectivity index (χ0v) is 20.3. The fourth-order valence-corrected chi connectivity index (χ4v) is 3.81. The number of hydrogen-bond acceptors (Lipinski definition) is 9. The standard InChI is InChI=1S/C23H37N7O3/c1-15-13-30(14-16(2)32-15)17-8-9-18-19(12-17)28-20(21(27-18)29-24)25-10-6-7-11-26-22(31)33-23(3,4)5/h8-9,12,15-16H,6-7,10-11,13-14,24H2,1-5H3,(H,25,28)(H,26,31)(H,27,29). The van der Waals surface area contributed by atoms with Gasteiger partial charge in [0, 0.05) is 31.9 Å². The van der Waals surface area contributed by atoms with Crippen LogP contribution >= 0.6 is 0 Å². The molecule has 33 heavy (non-hydrogen) atoms. The monoisotopic (exact) mass is 459 g/mol. The largest absolute Gasteiger partial charge is 0.444 e. The van der Waals surface area contributed by atoms with Crippen LogP contribution in [0.2, 0.25) is 0 Å². The summed E-state index contributed by atoms with van der Waals surface area (Å²) in [6.45, 7) is 12.6. The molecule has 2 aromatic rings. The maximum absolute atomic E-state index is 11.7. The maximum atomic E-state index is 11.7. The van der Waals surface area contributed by atoms with Gasteiger partial charge in [-0.3, -0.25) is 0 Å². The first-order valence-electron chi connectivity index (χ1n) is 11.5. The topological polar surface area (TPSA) is 127 Å². The summed E-state index contributed by atoms with van der Waals surface area (Å²) in [6, 6.07) is 6.09. The third-order valence-electron chi connectivity index (χ3n) is 5.13. The molecule has 2 heterocycles. The van der Waals surface area contributed by atoms with E-state index >= 15 is 0 Å². The molecular formula is C23H37N7O3. The Morgan fingerprint density at radius 2 is 1.79 bits per heavy atom. The minimum atomic E-state index is -0.496. The average Bonchev–Trinajstić information content (AvgIpc) is 2.73. The van der Waals surface area contributed by atoms with Crippen molar-refractivity contribution >= 4 is 34.4 Å². The van der Waals surface area contributed by atoms with Crippen LogP contribution in [0.25, 0.3) is 11.0 Å². The van der Waals surface area contributed by atoms with Crippen molar-refractivity contribution < 1.29 is 14.3 Å². The molecule has 0 saturated carbocycles. The average molecular weight is 460 g/mol. The van der Waals surface area contributed by atoms with Crippen LogP contribution in [0.5, 0.6) is 0 Å². The Kier molecular flexibility index (Phi) is 8.15. The number of anilines is 3. The highest BCUT2D eigenvalue weighted by atomic mass is 16.6. The van der Waals surface area contributed by atoms with Crippen LogP contribution in [0.15, 0.2) is 18.2 Å². The fraction of sp³-hybridized carbons (Fsp3) is 0.609. The number of nitrogens with one attached hydrogen (secondary N) is 3. The number of ether oxygens (including phenoxy) is 2. The molecule has 0 radical (unpaired) electrons. The van der Waals surface area contributed by atoms with Gasteiger partial charge in [0.25, 0.3) is 0 Å². The van der Waals surface area contributed by atoms with Gasteiger partial charge in [-0.05, 0) is 65.7 Å². The minimum Gasteiger partial charge on any atom is -0.444 e. The number of rotatable bonds is 8. The Labute approximate surface area is 195 Å². The van der Waals surface area contributed by atoms with E-state index < -0.39 is 11.7 Å². The second kappa shape index (κ2) is 10.8. The second-order valence-corrected chi connectivity index (χ2v) is 9.46.